The molecule has 1 saturated heterocycles. The minimum atomic E-state index is -0.295. The summed E-state index contributed by atoms with van der Waals surface area (Å²) in [5.74, 6) is 1.22. The van der Waals surface area contributed by atoms with Crippen molar-refractivity contribution in [2.75, 3.05) is 13.1 Å². The number of benzene rings is 1. The summed E-state index contributed by atoms with van der Waals surface area (Å²) >= 11 is 6.29. The second kappa shape index (κ2) is 6.27. The molecule has 1 saturated carbocycles. The smallest absolute Gasteiger partial charge is 0.0781 e. The largest absolute Gasteiger partial charge is 0.391 e. The van der Waals surface area contributed by atoms with Crippen molar-refractivity contribution in [2.45, 2.75) is 31.5 Å². The molecule has 2 fully saturated rings. The first-order chi connectivity index (χ1) is 11.2. The van der Waals surface area contributed by atoms with Gasteiger partial charge < -0.3 is 5.11 Å². The van der Waals surface area contributed by atoms with Gasteiger partial charge in [0, 0.05) is 37.1 Å². The highest BCUT2D eigenvalue weighted by Crippen LogP contribution is 2.41. The van der Waals surface area contributed by atoms with E-state index in [0.717, 1.165) is 37.5 Å². The number of hydrogen-bond acceptors (Lipinski definition) is 3. The molecule has 2 heterocycles. The van der Waals surface area contributed by atoms with Crippen molar-refractivity contribution in [3.8, 4) is 0 Å². The number of hydrogen-bond donors (Lipinski definition) is 1. The Morgan fingerprint density at radius 2 is 1.91 bits per heavy atom. The molecule has 1 aromatic heterocycles. The van der Waals surface area contributed by atoms with E-state index in [-0.39, 0.29) is 12.1 Å². The van der Waals surface area contributed by atoms with Gasteiger partial charge in [-0.1, -0.05) is 29.8 Å². The molecule has 23 heavy (non-hydrogen) atoms. The van der Waals surface area contributed by atoms with Crippen molar-refractivity contribution in [2.24, 2.45) is 11.8 Å². The summed E-state index contributed by atoms with van der Waals surface area (Å²) in [5.41, 5.74) is 1.19. The number of aliphatic hydroxyl groups is 1. The molecule has 1 aliphatic carbocycles. The predicted molar refractivity (Wildman–Crippen MR) is 90.2 cm³/mol. The van der Waals surface area contributed by atoms with Gasteiger partial charge >= 0.3 is 0 Å². The molecular weight excluding hydrogens is 310 g/mol. The van der Waals surface area contributed by atoms with E-state index >= 15 is 0 Å². The van der Waals surface area contributed by atoms with Gasteiger partial charge in [-0.05, 0) is 42.4 Å². The second-order valence-electron chi connectivity index (χ2n) is 6.90. The predicted octanol–water partition coefficient (Wildman–Crippen LogP) is 2.98. The molecule has 0 bridgehead atoms. The first-order valence-corrected chi connectivity index (χ1v) is 8.71. The van der Waals surface area contributed by atoms with Crippen LogP contribution >= 0.6 is 11.6 Å². The summed E-state index contributed by atoms with van der Waals surface area (Å²) in [6, 6.07) is 10.1. The van der Waals surface area contributed by atoms with E-state index in [1.165, 1.54) is 5.56 Å². The highest BCUT2D eigenvalue weighted by Gasteiger charge is 2.42. The lowest BCUT2D eigenvalue weighted by molar-refractivity contribution is 0.0306. The maximum atomic E-state index is 10.5. The minimum absolute atomic E-state index is 0.117. The summed E-state index contributed by atoms with van der Waals surface area (Å²) in [7, 11) is 0. The molecule has 4 nitrogen and oxygen atoms in total. The first kappa shape index (κ1) is 15.2. The summed E-state index contributed by atoms with van der Waals surface area (Å²) in [5, 5.41) is 15.7. The average molecular weight is 332 g/mol. The maximum Gasteiger partial charge on any atom is 0.0781 e. The quantitative estimate of drug-likeness (QED) is 0.940. The van der Waals surface area contributed by atoms with Gasteiger partial charge in [0.25, 0.3) is 0 Å². The van der Waals surface area contributed by atoms with E-state index in [9.17, 15) is 5.11 Å². The Hall–Kier alpha value is -1.36. The molecule has 4 atom stereocenters. The number of aliphatic hydroxyl groups excluding tert-OH is 1. The Kier molecular flexibility index (Phi) is 4.14. The van der Waals surface area contributed by atoms with Gasteiger partial charge in [-0.3, -0.25) is 9.58 Å². The third kappa shape index (κ3) is 3.03. The molecule has 5 heteroatoms. The lowest BCUT2D eigenvalue weighted by Crippen LogP contribution is -2.36. The van der Waals surface area contributed by atoms with Crippen molar-refractivity contribution >= 4 is 11.6 Å². The maximum absolute atomic E-state index is 10.5. The second-order valence-corrected chi connectivity index (χ2v) is 7.31. The topological polar surface area (TPSA) is 41.3 Å². The van der Waals surface area contributed by atoms with Crippen molar-refractivity contribution in [1.82, 2.24) is 14.7 Å². The molecule has 4 rings (SSSR count). The van der Waals surface area contributed by atoms with Crippen LogP contribution in [0.4, 0.5) is 0 Å². The van der Waals surface area contributed by atoms with Gasteiger partial charge in [-0.2, -0.15) is 5.10 Å². The number of halogens is 1. The van der Waals surface area contributed by atoms with E-state index in [0.29, 0.717) is 11.8 Å². The summed E-state index contributed by atoms with van der Waals surface area (Å²) < 4.78 is 1.93. The first-order valence-electron chi connectivity index (χ1n) is 8.33. The Morgan fingerprint density at radius 3 is 2.65 bits per heavy atom. The molecule has 2 aromatic rings. The van der Waals surface area contributed by atoms with Crippen LogP contribution < -0.4 is 0 Å². The van der Waals surface area contributed by atoms with Crippen molar-refractivity contribution < 1.29 is 5.11 Å². The third-order valence-electron chi connectivity index (χ3n) is 5.40. The minimum Gasteiger partial charge on any atom is -0.391 e. The summed E-state index contributed by atoms with van der Waals surface area (Å²) in [6.07, 6.45) is 5.33. The Balaban J connectivity index is 1.44. The van der Waals surface area contributed by atoms with Crippen LogP contribution in [-0.4, -0.2) is 39.0 Å². The standard InChI is InChI=1S/C18H22ClN3O/c19-16-5-2-1-4-13(16)10-21-11-14-8-17(22-7-3-6-20-22)18(23)9-15(14)12-21/h1-7,14-15,17-18,23H,8-12H2/t14-,15+,17-,18-/m0/s1. The van der Waals surface area contributed by atoms with Gasteiger partial charge in [0.2, 0.25) is 0 Å². The Morgan fingerprint density at radius 1 is 1.13 bits per heavy atom. The Labute approximate surface area is 141 Å². The lowest BCUT2D eigenvalue weighted by Gasteiger charge is -2.35. The normalized spacial score (nSPS) is 31.2. The van der Waals surface area contributed by atoms with Crippen LogP contribution in [0.1, 0.15) is 24.4 Å². The average Bonchev–Trinajstić information content (AvgIpc) is 3.17. The van der Waals surface area contributed by atoms with Crippen molar-refractivity contribution in [3.63, 3.8) is 0 Å². The van der Waals surface area contributed by atoms with Crippen LogP contribution in [0.2, 0.25) is 5.02 Å². The van der Waals surface area contributed by atoms with Gasteiger partial charge in [-0.15, -0.1) is 0 Å². The van der Waals surface area contributed by atoms with E-state index in [2.05, 4.69) is 16.1 Å². The molecule has 0 radical (unpaired) electrons. The van der Waals surface area contributed by atoms with Crippen molar-refractivity contribution in [3.05, 3.63) is 53.3 Å². The number of fused-ring (bicyclic) bond motifs is 1. The fourth-order valence-corrected chi connectivity index (χ4v) is 4.46. The van der Waals surface area contributed by atoms with Crippen LogP contribution in [0.5, 0.6) is 0 Å². The fraction of sp³-hybridized carbons (Fsp3) is 0.500. The third-order valence-corrected chi connectivity index (χ3v) is 5.77. The van der Waals surface area contributed by atoms with Crippen LogP contribution in [0.3, 0.4) is 0 Å². The van der Waals surface area contributed by atoms with E-state index in [4.69, 9.17) is 11.6 Å². The van der Waals surface area contributed by atoms with Gasteiger partial charge in [0.05, 0.1) is 12.1 Å². The number of nitrogens with zero attached hydrogens (tertiary/aromatic N) is 3. The van der Waals surface area contributed by atoms with Gasteiger partial charge in [0.1, 0.15) is 0 Å². The molecule has 2 aliphatic rings. The van der Waals surface area contributed by atoms with Crippen LogP contribution in [0, 0.1) is 11.8 Å². The van der Waals surface area contributed by atoms with Gasteiger partial charge in [-0.25, -0.2) is 0 Å². The zero-order chi connectivity index (χ0) is 15.8. The molecule has 0 spiro atoms. The molecular formula is C18H22ClN3O. The number of rotatable bonds is 3. The van der Waals surface area contributed by atoms with E-state index in [1.54, 1.807) is 6.20 Å². The van der Waals surface area contributed by atoms with E-state index < -0.39 is 0 Å². The van der Waals surface area contributed by atoms with Crippen molar-refractivity contribution in [1.29, 1.82) is 0 Å². The molecule has 0 unspecified atom stereocenters. The Bertz CT molecular complexity index is 660. The van der Waals surface area contributed by atoms with Crippen LogP contribution in [-0.2, 0) is 6.54 Å². The lowest BCUT2D eigenvalue weighted by atomic mass is 9.77. The molecule has 0 amide bonds. The van der Waals surface area contributed by atoms with Crippen LogP contribution in [0.25, 0.3) is 0 Å². The van der Waals surface area contributed by atoms with Crippen LogP contribution in [0.15, 0.2) is 42.7 Å². The summed E-state index contributed by atoms with van der Waals surface area (Å²) in [4.78, 5) is 2.48. The molecule has 1 aromatic carbocycles. The number of aromatic nitrogens is 2. The monoisotopic (exact) mass is 331 g/mol. The fourth-order valence-electron chi connectivity index (χ4n) is 4.26. The SMILES string of the molecule is O[C@H]1C[C@@H]2CN(Cc3ccccc3Cl)C[C@@H]2C[C@@H]1n1cccn1. The summed E-state index contributed by atoms with van der Waals surface area (Å²) in [6.45, 7) is 3.04. The molecule has 122 valence electrons. The molecule has 1 N–H and O–H groups in total. The number of likely N-dealkylation sites (tertiary alicyclic amines) is 1. The van der Waals surface area contributed by atoms with E-state index in [1.807, 2.05) is 35.1 Å². The zero-order valence-corrected chi connectivity index (χ0v) is 13.8. The molecule has 1 aliphatic heterocycles. The zero-order valence-electron chi connectivity index (χ0n) is 13.1. The highest BCUT2D eigenvalue weighted by atomic mass is 35.5. The van der Waals surface area contributed by atoms with Gasteiger partial charge in [0.15, 0.2) is 0 Å². The highest BCUT2D eigenvalue weighted by molar-refractivity contribution is 6.31.